The monoisotopic (exact) mass is 262 g/mol. The first kappa shape index (κ1) is 13.8. The van der Waals surface area contributed by atoms with Crippen LogP contribution in [0.2, 0.25) is 0 Å². The van der Waals surface area contributed by atoms with Gasteiger partial charge in [-0.3, -0.25) is 9.59 Å². The molecular formula is C15H22N2O2. The summed E-state index contributed by atoms with van der Waals surface area (Å²) in [6.45, 7) is 2.24. The van der Waals surface area contributed by atoms with Crippen molar-refractivity contribution < 1.29 is 4.79 Å². The molecule has 1 aliphatic rings. The number of nitrogens with zero attached hydrogens (tertiary/aromatic N) is 1. The Morgan fingerprint density at radius 2 is 2.00 bits per heavy atom. The van der Waals surface area contributed by atoms with Crippen molar-refractivity contribution in [2.45, 2.75) is 45.1 Å². The number of aromatic nitrogens is 1. The number of H-pyrrole nitrogens is 1. The van der Waals surface area contributed by atoms with E-state index in [1.807, 2.05) is 11.9 Å². The molecule has 19 heavy (non-hydrogen) atoms. The first-order valence-corrected chi connectivity index (χ1v) is 7.07. The van der Waals surface area contributed by atoms with Gasteiger partial charge >= 0.3 is 0 Å². The van der Waals surface area contributed by atoms with Crippen molar-refractivity contribution in [3.63, 3.8) is 0 Å². The molecule has 1 aliphatic carbocycles. The van der Waals surface area contributed by atoms with Gasteiger partial charge in [0.15, 0.2) is 0 Å². The smallest absolute Gasteiger partial charge is 0.255 e. The molecule has 0 bridgehead atoms. The number of pyridine rings is 1. The first-order valence-electron chi connectivity index (χ1n) is 7.07. The van der Waals surface area contributed by atoms with Gasteiger partial charge < -0.3 is 9.88 Å². The highest BCUT2D eigenvalue weighted by atomic mass is 16.2. The second-order valence-electron chi connectivity index (χ2n) is 5.44. The van der Waals surface area contributed by atoms with E-state index < -0.39 is 0 Å². The van der Waals surface area contributed by atoms with Crippen LogP contribution in [-0.2, 0) is 0 Å². The average Bonchev–Trinajstić information content (AvgIpc) is 2.46. The van der Waals surface area contributed by atoms with Crippen molar-refractivity contribution >= 4 is 5.91 Å². The van der Waals surface area contributed by atoms with Crippen LogP contribution in [0.3, 0.4) is 0 Å². The number of rotatable bonds is 3. The van der Waals surface area contributed by atoms with Crippen LogP contribution in [0.4, 0.5) is 0 Å². The number of hydrogen-bond donors (Lipinski definition) is 1. The van der Waals surface area contributed by atoms with Crippen molar-refractivity contribution in [1.29, 1.82) is 0 Å². The Morgan fingerprint density at radius 1 is 1.32 bits per heavy atom. The van der Waals surface area contributed by atoms with E-state index >= 15 is 0 Å². The van der Waals surface area contributed by atoms with Crippen LogP contribution in [0.5, 0.6) is 0 Å². The molecule has 1 amide bonds. The fraction of sp³-hybridized carbons (Fsp3) is 0.600. The van der Waals surface area contributed by atoms with E-state index in [0.29, 0.717) is 11.6 Å². The minimum absolute atomic E-state index is 0.00352. The van der Waals surface area contributed by atoms with Crippen molar-refractivity contribution in [3.8, 4) is 0 Å². The van der Waals surface area contributed by atoms with Crippen LogP contribution < -0.4 is 5.56 Å². The van der Waals surface area contributed by atoms with Crippen molar-refractivity contribution in [2.75, 3.05) is 7.05 Å². The summed E-state index contributed by atoms with van der Waals surface area (Å²) >= 11 is 0. The van der Waals surface area contributed by atoms with E-state index in [4.69, 9.17) is 0 Å². The van der Waals surface area contributed by atoms with E-state index in [1.165, 1.54) is 31.5 Å². The summed E-state index contributed by atoms with van der Waals surface area (Å²) in [4.78, 5) is 27.7. The van der Waals surface area contributed by atoms with Gasteiger partial charge in [-0.25, -0.2) is 0 Å². The molecule has 0 radical (unpaired) electrons. The maximum absolute atomic E-state index is 12.3. The van der Waals surface area contributed by atoms with Gasteiger partial charge in [-0.2, -0.15) is 0 Å². The summed E-state index contributed by atoms with van der Waals surface area (Å²) in [6.07, 6.45) is 7.34. The SMILES string of the molecule is CCC1CCC(N(C)C(=O)c2ccc(=O)[nH]c2)CC1. The number of nitrogens with one attached hydrogen (secondary N) is 1. The van der Waals surface area contributed by atoms with E-state index in [-0.39, 0.29) is 11.5 Å². The quantitative estimate of drug-likeness (QED) is 0.909. The third-order valence-corrected chi connectivity index (χ3v) is 4.29. The summed E-state index contributed by atoms with van der Waals surface area (Å²) in [7, 11) is 1.87. The summed E-state index contributed by atoms with van der Waals surface area (Å²) in [5.41, 5.74) is 0.377. The Balaban J connectivity index is 1.99. The molecule has 4 nitrogen and oxygen atoms in total. The third-order valence-electron chi connectivity index (χ3n) is 4.29. The maximum atomic E-state index is 12.3. The van der Waals surface area contributed by atoms with Gasteiger partial charge in [0.25, 0.3) is 5.91 Å². The predicted molar refractivity (Wildman–Crippen MR) is 75.2 cm³/mol. The molecule has 1 saturated carbocycles. The zero-order valence-corrected chi connectivity index (χ0v) is 11.7. The summed E-state index contributed by atoms with van der Waals surface area (Å²) < 4.78 is 0. The van der Waals surface area contributed by atoms with Crippen molar-refractivity contribution in [3.05, 3.63) is 34.2 Å². The molecule has 104 valence electrons. The van der Waals surface area contributed by atoms with E-state index in [9.17, 15) is 9.59 Å². The highest BCUT2D eigenvalue weighted by molar-refractivity contribution is 5.93. The standard InChI is InChI=1S/C15H22N2O2/c1-3-11-4-7-13(8-5-11)17(2)15(19)12-6-9-14(18)16-10-12/h6,9-11,13H,3-5,7-8H2,1-2H3,(H,16,18). The molecule has 0 spiro atoms. The summed E-state index contributed by atoms with van der Waals surface area (Å²) in [6, 6.07) is 3.33. The molecule has 0 atom stereocenters. The Morgan fingerprint density at radius 3 is 2.53 bits per heavy atom. The second-order valence-corrected chi connectivity index (χ2v) is 5.44. The molecule has 2 rings (SSSR count). The van der Waals surface area contributed by atoms with Gasteiger partial charge in [0.05, 0.1) is 5.56 Å². The van der Waals surface area contributed by atoms with Gasteiger partial charge in [0, 0.05) is 25.4 Å². The molecule has 1 fully saturated rings. The lowest BCUT2D eigenvalue weighted by Crippen LogP contribution is -2.39. The molecule has 1 aromatic heterocycles. The van der Waals surface area contributed by atoms with E-state index in [0.717, 1.165) is 18.8 Å². The van der Waals surface area contributed by atoms with Crippen LogP contribution in [0.1, 0.15) is 49.4 Å². The summed E-state index contributed by atoms with van der Waals surface area (Å²) in [5, 5.41) is 0. The lowest BCUT2D eigenvalue weighted by atomic mass is 9.84. The zero-order chi connectivity index (χ0) is 13.8. The molecule has 1 aromatic rings. The largest absolute Gasteiger partial charge is 0.339 e. The molecule has 0 aromatic carbocycles. The number of amides is 1. The van der Waals surface area contributed by atoms with Crippen molar-refractivity contribution in [1.82, 2.24) is 9.88 Å². The lowest BCUT2D eigenvalue weighted by Gasteiger charge is -2.34. The Bertz CT molecular complexity index is 467. The molecular weight excluding hydrogens is 240 g/mol. The number of aromatic amines is 1. The molecule has 0 saturated heterocycles. The van der Waals surface area contributed by atoms with Gasteiger partial charge in [0.1, 0.15) is 0 Å². The number of carbonyl (C=O) groups excluding carboxylic acids is 1. The average molecular weight is 262 g/mol. The van der Waals surface area contributed by atoms with Gasteiger partial charge in [0.2, 0.25) is 5.56 Å². The normalized spacial score (nSPS) is 23.1. The Labute approximate surface area is 113 Å². The van der Waals surface area contributed by atoms with Crippen LogP contribution >= 0.6 is 0 Å². The maximum Gasteiger partial charge on any atom is 0.255 e. The van der Waals surface area contributed by atoms with Crippen molar-refractivity contribution in [2.24, 2.45) is 5.92 Å². The minimum atomic E-state index is -0.178. The van der Waals surface area contributed by atoms with E-state index in [1.54, 1.807) is 6.07 Å². The van der Waals surface area contributed by atoms with Gasteiger partial charge in [-0.1, -0.05) is 13.3 Å². The Hall–Kier alpha value is -1.58. The third kappa shape index (κ3) is 3.25. The number of hydrogen-bond acceptors (Lipinski definition) is 2. The fourth-order valence-corrected chi connectivity index (χ4v) is 2.85. The molecule has 4 heteroatoms. The van der Waals surface area contributed by atoms with E-state index in [2.05, 4.69) is 11.9 Å². The predicted octanol–water partition coefficient (Wildman–Crippen LogP) is 2.42. The molecule has 0 unspecified atom stereocenters. The Kier molecular flexibility index (Phi) is 4.40. The molecule has 1 heterocycles. The first-order chi connectivity index (χ1) is 9.11. The van der Waals surface area contributed by atoms with Crippen LogP contribution in [0.25, 0.3) is 0 Å². The zero-order valence-electron chi connectivity index (χ0n) is 11.7. The molecule has 0 aliphatic heterocycles. The topological polar surface area (TPSA) is 53.2 Å². The molecule has 1 N–H and O–H groups in total. The van der Waals surface area contributed by atoms with Gasteiger partial charge in [-0.05, 0) is 37.7 Å². The fourth-order valence-electron chi connectivity index (χ4n) is 2.85. The summed E-state index contributed by atoms with van der Waals surface area (Å²) in [5.74, 6) is 0.823. The number of carbonyl (C=O) groups is 1. The van der Waals surface area contributed by atoms with Crippen LogP contribution in [0, 0.1) is 5.92 Å². The van der Waals surface area contributed by atoms with Crippen LogP contribution in [-0.4, -0.2) is 28.9 Å². The van der Waals surface area contributed by atoms with Gasteiger partial charge in [-0.15, -0.1) is 0 Å². The highest BCUT2D eigenvalue weighted by Crippen LogP contribution is 2.29. The second kappa shape index (κ2) is 6.04. The lowest BCUT2D eigenvalue weighted by molar-refractivity contribution is 0.0674. The highest BCUT2D eigenvalue weighted by Gasteiger charge is 2.26. The van der Waals surface area contributed by atoms with Crippen LogP contribution in [0.15, 0.2) is 23.1 Å². The minimum Gasteiger partial charge on any atom is -0.339 e.